The van der Waals surface area contributed by atoms with Gasteiger partial charge in [0, 0.05) is 31.5 Å². The van der Waals surface area contributed by atoms with Crippen molar-refractivity contribution in [1.29, 1.82) is 0 Å². The average molecular weight is 183 g/mol. The van der Waals surface area contributed by atoms with Crippen LogP contribution in [0.15, 0.2) is 17.2 Å². The largest absolute Gasteiger partial charge is 0.328 e. The highest BCUT2D eigenvalue weighted by Crippen LogP contribution is 1.89. The Hall–Kier alpha value is -1.03. The molecule has 0 radical (unpaired) electrons. The number of aryl methyl sites for hydroxylation is 1. The molecule has 0 saturated heterocycles. The van der Waals surface area contributed by atoms with Gasteiger partial charge in [0.05, 0.1) is 0 Å². The van der Waals surface area contributed by atoms with Crippen molar-refractivity contribution in [2.24, 2.45) is 5.73 Å². The maximum Gasteiger partial charge on any atom is 0.328 e. The summed E-state index contributed by atoms with van der Waals surface area (Å²) in [6.07, 6.45) is 4.58. The normalized spacial score (nSPS) is 13.2. The van der Waals surface area contributed by atoms with E-state index < -0.39 is 0 Å². The summed E-state index contributed by atoms with van der Waals surface area (Å²) in [7, 11) is 0. The number of rotatable bonds is 4. The van der Waals surface area contributed by atoms with Crippen LogP contribution in [0.3, 0.4) is 0 Å². The van der Waals surface area contributed by atoms with Crippen LogP contribution in [0.25, 0.3) is 0 Å². The van der Waals surface area contributed by atoms with Crippen LogP contribution in [0.5, 0.6) is 0 Å². The van der Waals surface area contributed by atoms with E-state index in [0.29, 0.717) is 6.54 Å². The third-order valence-electron chi connectivity index (χ3n) is 1.87. The first-order valence-corrected chi connectivity index (χ1v) is 4.66. The summed E-state index contributed by atoms with van der Waals surface area (Å²) >= 11 is 0. The van der Waals surface area contributed by atoms with E-state index in [4.69, 9.17) is 5.73 Å². The summed E-state index contributed by atoms with van der Waals surface area (Å²) < 4.78 is 3.36. The van der Waals surface area contributed by atoms with Gasteiger partial charge in [0.2, 0.25) is 0 Å². The van der Waals surface area contributed by atoms with Crippen molar-refractivity contribution in [1.82, 2.24) is 9.13 Å². The van der Waals surface area contributed by atoms with E-state index in [0.717, 1.165) is 13.0 Å². The van der Waals surface area contributed by atoms with Crippen LogP contribution < -0.4 is 11.4 Å². The second-order valence-electron chi connectivity index (χ2n) is 3.40. The van der Waals surface area contributed by atoms with Crippen LogP contribution in [0.1, 0.15) is 20.3 Å². The number of imidazole rings is 1. The fourth-order valence-electron chi connectivity index (χ4n) is 1.31. The van der Waals surface area contributed by atoms with E-state index in [9.17, 15) is 4.79 Å². The van der Waals surface area contributed by atoms with E-state index in [2.05, 4.69) is 6.92 Å². The Morgan fingerprint density at radius 1 is 1.46 bits per heavy atom. The minimum atomic E-state index is 0.0233. The van der Waals surface area contributed by atoms with Gasteiger partial charge in [0.25, 0.3) is 0 Å². The minimum Gasteiger partial charge on any atom is -0.326 e. The van der Waals surface area contributed by atoms with Crippen molar-refractivity contribution < 1.29 is 0 Å². The lowest BCUT2D eigenvalue weighted by Crippen LogP contribution is -2.30. The number of hydrogen-bond donors (Lipinski definition) is 1. The monoisotopic (exact) mass is 183 g/mol. The molecule has 0 aliphatic rings. The van der Waals surface area contributed by atoms with Crippen molar-refractivity contribution in [3.05, 3.63) is 22.9 Å². The predicted molar refractivity (Wildman–Crippen MR) is 52.6 cm³/mol. The Bertz CT molecular complexity index is 311. The summed E-state index contributed by atoms with van der Waals surface area (Å²) in [6.45, 7) is 5.32. The quantitative estimate of drug-likeness (QED) is 0.735. The third-order valence-corrected chi connectivity index (χ3v) is 1.87. The van der Waals surface area contributed by atoms with E-state index in [1.807, 2.05) is 13.1 Å². The Morgan fingerprint density at radius 3 is 2.62 bits per heavy atom. The Kier molecular flexibility index (Phi) is 3.31. The highest BCUT2D eigenvalue weighted by molar-refractivity contribution is 4.82. The lowest BCUT2D eigenvalue weighted by atomic mass is 10.4. The molecule has 0 unspecified atom stereocenters. The van der Waals surface area contributed by atoms with Gasteiger partial charge in [0.15, 0.2) is 0 Å². The Morgan fingerprint density at radius 2 is 2.08 bits per heavy atom. The van der Waals surface area contributed by atoms with E-state index >= 15 is 0 Å². The first-order chi connectivity index (χ1) is 6.15. The molecule has 4 heteroatoms. The Labute approximate surface area is 78.0 Å². The highest BCUT2D eigenvalue weighted by Gasteiger charge is 2.03. The van der Waals surface area contributed by atoms with Crippen LogP contribution in [0.4, 0.5) is 0 Å². The van der Waals surface area contributed by atoms with Gasteiger partial charge in [-0.1, -0.05) is 6.92 Å². The third kappa shape index (κ3) is 2.45. The summed E-state index contributed by atoms with van der Waals surface area (Å²) in [6, 6.07) is 0.0233. The van der Waals surface area contributed by atoms with Gasteiger partial charge in [-0.2, -0.15) is 0 Å². The smallest absolute Gasteiger partial charge is 0.326 e. The van der Waals surface area contributed by atoms with Crippen LogP contribution in [-0.2, 0) is 13.1 Å². The molecule has 0 saturated carbocycles. The van der Waals surface area contributed by atoms with Gasteiger partial charge in [-0.25, -0.2) is 4.79 Å². The zero-order chi connectivity index (χ0) is 9.84. The number of hydrogen-bond acceptors (Lipinski definition) is 2. The average Bonchev–Trinajstić information content (AvgIpc) is 2.36. The molecule has 1 rings (SSSR count). The molecule has 0 bridgehead atoms. The van der Waals surface area contributed by atoms with Crippen molar-refractivity contribution in [2.75, 3.05) is 0 Å². The SMILES string of the molecule is CCCn1ccn(C[C@H](C)N)c1=O. The molecule has 4 nitrogen and oxygen atoms in total. The molecule has 0 fully saturated rings. The van der Waals surface area contributed by atoms with E-state index in [1.54, 1.807) is 15.3 Å². The lowest BCUT2D eigenvalue weighted by Gasteiger charge is -2.04. The van der Waals surface area contributed by atoms with Crippen molar-refractivity contribution in [3.63, 3.8) is 0 Å². The van der Waals surface area contributed by atoms with Gasteiger partial charge in [-0.05, 0) is 13.3 Å². The number of nitrogens with zero attached hydrogens (tertiary/aromatic N) is 2. The van der Waals surface area contributed by atoms with Crippen molar-refractivity contribution in [2.45, 2.75) is 39.4 Å². The van der Waals surface area contributed by atoms with Crippen LogP contribution in [0.2, 0.25) is 0 Å². The molecule has 1 atom stereocenters. The maximum atomic E-state index is 11.6. The summed E-state index contributed by atoms with van der Waals surface area (Å²) in [4.78, 5) is 11.6. The standard InChI is InChI=1S/C9H17N3O/c1-3-4-11-5-6-12(9(11)13)7-8(2)10/h5-6,8H,3-4,7,10H2,1-2H3/t8-/m0/s1. The maximum absolute atomic E-state index is 11.6. The predicted octanol–water partition coefficient (Wildman–Crippen LogP) is 0.407. The van der Waals surface area contributed by atoms with E-state index in [1.165, 1.54) is 0 Å². The first kappa shape index (κ1) is 10.1. The van der Waals surface area contributed by atoms with E-state index in [-0.39, 0.29) is 11.7 Å². The molecule has 0 aliphatic heterocycles. The van der Waals surface area contributed by atoms with Crippen LogP contribution >= 0.6 is 0 Å². The molecule has 0 spiro atoms. The lowest BCUT2D eigenvalue weighted by molar-refractivity contribution is 0.550. The number of aromatic nitrogens is 2. The molecular formula is C9H17N3O. The molecule has 1 aromatic rings. The molecule has 0 aliphatic carbocycles. The number of nitrogens with two attached hydrogens (primary N) is 1. The van der Waals surface area contributed by atoms with Gasteiger partial charge in [-0.15, -0.1) is 0 Å². The highest BCUT2D eigenvalue weighted by atomic mass is 16.1. The first-order valence-electron chi connectivity index (χ1n) is 4.66. The molecule has 0 amide bonds. The molecule has 0 aromatic carbocycles. The zero-order valence-corrected chi connectivity index (χ0v) is 8.23. The second-order valence-corrected chi connectivity index (χ2v) is 3.40. The molecule has 1 aromatic heterocycles. The van der Waals surface area contributed by atoms with Gasteiger partial charge < -0.3 is 5.73 Å². The van der Waals surface area contributed by atoms with Gasteiger partial charge in [-0.3, -0.25) is 9.13 Å². The fraction of sp³-hybridized carbons (Fsp3) is 0.667. The molecular weight excluding hydrogens is 166 g/mol. The molecule has 74 valence electrons. The minimum absolute atomic E-state index is 0.0233. The van der Waals surface area contributed by atoms with Gasteiger partial charge >= 0.3 is 5.69 Å². The fourth-order valence-corrected chi connectivity index (χ4v) is 1.31. The summed E-state index contributed by atoms with van der Waals surface area (Å²) in [5, 5.41) is 0. The summed E-state index contributed by atoms with van der Waals surface area (Å²) in [5.41, 5.74) is 5.65. The van der Waals surface area contributed by atoms with Crippen molar-refractivity contribution >= 4 is 0 Å². The Balaban J connectivity index is 2.80. The van der Waals surface area contributed by atoms with Crippen molar-refractivity contribution in [3.8, 4) is 0 Å². The molecule has 1 heterocycles. The zero-order valence-electron chi connectivity index (χ0n) is 8.23. The van der Waals surface area contributed by atoms with Crippen LogP contribution in [0, 0.1) is 0 Å². The topological polar surface area (TPSA) is 52.9 Å². The molecule has 2 N–H and O–H groups in total. The van der Waals surface area contributed by atoms with Crippen LogP contribution in [-0.4, -0.2) is 15.2 Å². The summed E-state index contributed by atoms with van der Waals surface area (Å²) in [5.74, 6) is 0. The molecule has 13 heavy (non-hydrogen) atoms. The second kappa shape index (κ2) is 4.28. The van der Waals surface area contributed by atoms with Gasteiger partial charge in [0.1, 0.15) is 0 Å².